The van der Waals surface area contributed by atoms with Crippen LogP contribution in [0.3, 0.4) is 0 Å². The van der Waals surface area contributed by atoms with Gasteiger partial charge in [0.25, 0.3) is 0 Å². The molecule has 0 saturated carbocycles. The summed E-state index contributed by atoms with van der Waals surface area (Å²) in [5.41, 5.74) is 6.56. The third kappa shape index (κ3) is 5.70. The second-order valence-corrected chi connectivity index (χ2v) is 5.92. The van der Waals surface area contributed by atoms with Gasteiger partial charge in [0.2, 0.25) is 11.8 Å². The Morgan fingerprint density at radius 1 is 1.04 bits per heavy atom. The molecule has 2 aromatic rings. The molecule has 6 nitrogen and oxygen atoms in total. The van der Waals surface area contributed by atoms with Crippen LogP contribution < -0.4 is 20.1 Å². The second-order valence-electron chi connectivity index (χ2n) is 5.92. The Morgan fingerprint density at radius 3 is 2.33 bits per heavy atom. The number of halogens is 1. The van der Waals surface area contributed by atoms with Crippen LogP contribution in [0.25, 0.3) is 0 Å². The lowest BCUT2D eigenvalue weighted by Gasteiger charge is -2.22. The highest BCUT2D eigenvalue weighted by Gasteiger charge is 2.18. The number of anilines is 1. The molecular formula is C20H23FN2O4. The van der Waals surface area contributed by atoms with Gasteiger partial charge in [0.05, 0.1) is 14.2 Å². The number of carbonyl (C=O) groups excluding carboxylic acids is 2. The van der Waals surface area contributed by atoms with Gasteiger partial charge in [-0.1, -0.05) is 0 Å². The molecule has 0 saturated heterocycles. The van der Waals surface area contributed by atoms with Crippen molar-refractivity contribution in [2.75, 3.05) is 25.7 Å². The molecule has 0 fully saturated rings. The van der Waals surface area contributed by atoms with Crippen molar-refractivity contribution >= 4 is 17.5 Å². The Bertz CT molecular complexity index is 793. The minimum absolute atomic E-state index is 0.0194. The number of amides is 2. The van der Waals surface area contributed by atoms with Crippen molar-refractivity contribution in [3.05, 3.63) is 53.8 Å². The minimum Gasteiger partial charge on any atom is -0.497 e. The molecule has 0 aliphatic rings. The number of nitrogens with zero attached hydrogens (tertiary/aromatic N) is 1. The number of carbonyl (C=O) groups is 2. The van der Waals surface area contributed by atoms with Crippen LogP contribution in [0.2, 0.25) is 0 Å². The molecule has 2 amide bonds. The smallest absolute Gasteiger partial charge is 0.227 e. The van der Waals surface area contributed by atoms with Gasteiger partial charge in [-0.2, -0.15) is 0 Å². The van der Waals surface area contributed by atoms with E-state index in [0.29, 0.717) is 23.6 Å². The van der Waals surface area contributed by atoms with Crippen LogP contribution >= 0.6 is 0 Å². The summed E-state index contributed by atoms with van der Waals surface area (Å²) >= 11 is 0. The third-order valence-electron chi connectivity index (χ3n) is 4.12. The van der Waals surface area contributed by atoms with Gasteiger partial charge in [0, 0.05) is 25.1 Å². The lowest BCUT2D eigenvalue weighted by atomic mass is 10.1. The molecule has 0 radical (unpaired) electrons. The number of nitrogens with two attached hydrogens (primary N) is 1. The summed E-state index contributed by atoms with van der Waals surface area (Å²) in [5, 5.41) is 0. The van der Waals surface area contributed by atoms with E-state index in [1.54, 1.807) is 26.4 Å². The monoisotopic (exact) mass is 374 g/mol. The maximum atomic E-state index is 13.2. The topological polar surface area (TPSA) is 81.9 Å². The van der Waals surface area contributed by atoms with E-state index in [-0.39, 0.29) is 25.3 Å². The second kappa shape index (κ2) is 9.56. The normalized spacial score (nSPS) is 10.3. The van der Waals surface area contributed by atoms with Crippen molar-refractivity contribution in [1.29, 1.82) is 0 Å². The molecule has 2 rings (SSSR count). The lowest BCUT2D eigenvalue weighted by molar-refractivity contribution is -0.119. The summed E-state index contributed by atoms with van der Waals surface area (Å²) in [6.07, 6.45) is 0.624. The van der Waals surface area contributed by atoms with E-state index in [1.807, 2.05) is 6.07 Å². The highest BCUT2D eigenvalue weighted by molar-refractivity contribution is 5.94. The number of methoxy groups -OCH3 is 2. The number of hydrogen-bond donors (Lipinski definition) is 1. The fourth-order valence-corrected chi connectivity index (χ4v) is 2.69. The third-order valence-corrected chi connectivity index (χ3v) is 4.12. The Balaban J connectivity index is 2.15. The highest BCUT2D eigenvalue weighted by atomic mass is 19.1. The van der Waals surface area contributed by atoms with Crippen molar-refractivity contribution in [3.8, 4) is 11.5 Å². The van der Waals surface area contributed by atoms with E-state index in [4.69, 9.17) is 15.2 Å². The minimum atomic E-state index is -0.510. The largest absolute Gasteiger partial charge is 0.497 e. The van der Waals surface area contributed by atoms with Crippen LogP contribution in [0.4, 0.5) is 10.1 Å². The highest BCUT2D eigenvalue weighted by Crippen LogP contribution is 2.26. The summed E-state index contributed by atoms with van der Waals surface area (Å²) in [4.78, 5) is 25.4. The average molecular weight is 374 g/mol. The van der Waals surface area contributed by atoms with Crippen LogP contribution in [-0.2, 0) is 16.0 Å². The predicted octanol–water partition coefficient (Wildman–Crippen LogP) is 2.68. The molecule has 2 N–H and O–H groups in total. The fraction of sp³-hybridized carbons (Fsp3) is 0.300. The van der Waals surface area contributed by atoms with Crippen LogP contribution in [0.1, 0.15) is 18.4 Å². The molecule has 0 spiro atoms. The Hall–Kier alpha value is -3.09. The van der Waals surface area contributed by atoms with Gasteiger partial charge in [-0.25, -0.2) is 4.39 Å². The lowest BCUT2D eigenvalue weighted by Crippen LogP contribution is -2.34. The number of rotatable bonds is 9. The first-order valence-electron chi connectivity index (χ1n) is 8.49. The van der Waals surface area contributed by atoms with Crippen molar-refractivity contribution in [3.63, 3.8) is 0 Å². The van der Waals surface area contributed by atoms with Gasteiger partial charge in [-0.15, -0.1) is 0 Å². The zero-order valence-electron chi connectivity index (χ0n) is 15.4. The molecule has 0 aliphatic heterocycles. The maximum absolute atomic E-state index is 13.2. The average Bonchev–Trinajstić information content (AvgIpc) is 2.67. The number of benzene rings is 2. The summed E-state index contributed by atoms with van der Waals surface area (Å²) in [5.74, 6) is 0.218. The summed E-state index contributed by atoms with van der Waals surface area (Å²) in [6, 6.07) is 10.9. The quantitative estimate of drug-likeness (QED) is 0.732. The molecule has 0 unspecified atom stereocenters. The first kappa shape index (κ1) is 20.2. The Labute approximate surface area is 157 Å². The zero-order chi connectivity index (χ0) is 19.8. The predicted molar refractivity (Wildman–Crippen MR) is 100 cm³/mol. The number of ether oxygens (including phenoxy) is 2. The molecule has 0 aliphatic carbocycles. The fourth-order valence-electron chi connectivity index (χ4n) is 2.69. The summed E-state index contributed by atoms with van der Waals surface area (Å²) in [6.45, 7) is 0.134. The standard InChI is InChI=1S/C20H23FN2O4/c1-26-17-8-9-18(27-2)14(13-17)3-10-20(25)23(12-11-19(22)24)16-6-4-15(21)5-7-16/h4-9,13H,3,10-12H2,1-2H3,(H2,22,24). The summed E-state index contributed by atoms with van der Waals surface area (Å²) in [7, 11) is 3.13. The first-order valence-corrected chi connectivity index (χ1v) is 8.49. The van der Waals surface area contributed by atoms with Gasteiger partial charge >= 0.3 is 0 Å². The van der Waals surface area contributed by atoms with Crippen LogP contribution in [0, 0.1) is 5.82 Å². The van der Waals surface area contributed by atoms with Gasteiger partial charge in [-0.3, -0.25) is 9.59 Å². The molecule has 144 valence electrons. The van der Waals surface area contributed by atoms with Crippen LogP contribution in [0.5, 0.6) is 11.5 Å². The molecular weight excluding hydrogens is 351 g/mol. The first-order chi connectivity index (χ1) is 12.9. The van der Waals surface area contributed by atoms with E-state index in [1.165, 1.54) is 29.2 Å². The van der Waals surface area contributed by atoms with Crippen LogP contribution in [0.15, 0.2) is 42.5 Å². The van der Waals surface area contributed by atoms with Gasteiger partial charge in [0.1, 0.15) is 17.3 Å². The molecule has 0 heterocycles. The van der Waals surface area contributed by atoms with E-state index in [2.05, 4.69) is 0 Å². The van der Waals surface area contributed by atoms with E-state index >= 15 is 0 Å². The molecule has 2 aromatic carbocycles. The molecule has 0 bridgehead atoms. The maximum Gasteiger partial charge on any atom is 0.227 e. The van der Waals surface area contributed by atoms with E-state index in [9.17, 15) is 14.0 Å². The van der Waals surface area contributed by atoms with E-state index in [0.717, 1.165) is 5.56 Å². The number of aryl methyl sites for hydroxylation is 1. The van der Waals surface area contributed by atoms with Crippen LogP contribution in [-0.4, -0.2) is 32.6 Å². The molecule has 7 heteroatoms. The van der Waals surface area contributed by atoms with Crippen molar-refractivity contribution < 1.29 is 23.5 Å². The van der Waals surface area contributed by atoms with E-state index < -0.39 is 11.7 Å². The molecule has 0 aromatic heterocycles. The van der Waals surface area contributed by atoms with Gasteiger partial charge in [0.15, 0.2) is 0 Å². The zero-order valence-corrected chi connectivity index (χ0v) is 15.4. The Kier molecular flexibility index (Phi) is 7.16. The number of hydrogen-bond acceptors (Lipinski definition) is 4. The summed E-state index contributed by atoms with van der Waals surface area (Å²) < 4.78 is 23.7. The molecule has 0 atom stereocenters. The number of primary amides is 1. The van der Waals surface area contributed by atoms with Crippen molar-refractivity contribution in [2.24, 2.45) is 5.73 Å². The van der Waals surface area contributed by atoms with Crippen molar-refractivity contribution in [2.45, 2.75) is 19.3 Å². The van der Waals surface area contributed by atoms with Gasteiger partial charge < -0.3 is 20.1 Å². The molecule has 27 heavy (non-hydrogen) atoms. The van der Waals surface area contributed by atoms with Crippen molar-refractivity contribution in [1.82, 2.24) is 0 Å². The SMILES string of the molecule is COc1ccc(OC)c(CCC(=O)N(CCC(N)=O)c2ccc(F)cc2)c1. The Morgan fingerprint density at radius 2 is 1.74 bits per heavy atom. The van der Waals surface area contributed by atoms with Gasteiger partial charge in [-0.05, 0) is 54.4 Å².